The van der Waals surface area contributed by atoms with Crippen LogP contribution in [0.1, 0.15) is 29.9 Å². The molecule has 146 valence electrons. The molecule has 0 atom stereocenters. The molecule has 1 amide bonds. The predicted octanol–water partition coefficient (Wildman–Crippen LogP) is 4.25. The van der Waals surface area contributed by atoms with Gasteiger partial charge in [0.15, 0.2) is 0 Å². The number of anilines is 2. The highest BCUT2D eigenvalue weighted by atomic mass is 19.1. The summed E-state index contributed by atoms with van der Waals surface area (Å²) in [6, 6.07) is 13.5. The fourth-order valence-corrected chi connectivity index (χ4v) is 3.15. The minimum absolute atomic E-state index is 0.146. The van der Waals surface area contributed by atoms with Crippen molar-refractivity contribution < 1.29 is 9.18 Å². The summed E-state index contributed by atoms with van der Waals surface area (Å²) in [5, 5.41) is 0. The molecule has 28 heavy (non-hydrogen) atoms. The first kappa shape index (κ1) is 19.6. The highest BCUT2D eigenvalue weighted by Gasteiger charge is 2.20. The van der Waals surface area contributed by atoms with E-state index < -0.39 is 0 Å². The molecule has 3 aromatic rings. The third-order valence-electron chi connectivity index (χ3n) is 4.78. The first-order valence-corrected chi connectivity index (χ1v) is 9.42. The number of rotatable bonds is 7. The SMILES string of the molecule is CCN(CC)c1ccc(CN(C(=O)c2cccn2C)c2ccc(F)cc2)cn1. The monoisotopic (exact) mass is 380 g/mol. The first-order valence-electron chi connectivity index (χ1n) is 9.42. The molecule has 0 saturated heterocycles. The van der Waals surface area contributed by atoms with E-state index in [0.717, 1.165) is 24.5 Å². The number of amides is 1. The van der Waals surface area contributed by atoms with Gasteiger partial charge in [-0.1, -0.05) is 6.07 Å². The standard InChI is InChI=1S/C22H25FN4O/c1-4-26(5-2)21-13-8-17(15-24-21)16-27(19-11-9-18(23)10-12-19)22(28)20-7-6-14-25(20)3/h6-15H,4-5,16H2,1-3H3. The van der Waals surface area contributed by atoms with Crippen LogP contribution >= 0.6 is 0 Å². The number of hydrogen-bond acceptors (Lipinski definition) is 3. The molecule has 0 fully saturated rings. The summed E-state index contributed by atoms with van der Waals surface area (Å²) in [6.45, 7) is 6.30. The molecule has 2 heterocycles. The molecule has 0 saturated carbocycles. The summed E-state index contributed by atoms with van der Waals surface area (Å²) in [7, 11) is 1.83. The Morgan fingerprint density at radius 3 is 2.32 bits per heavy atom. The number of nitrogens with zero attached hydrogens (tertiary/aromatic N) is 4. The number of halogens is 1. The Morgan fingerprint density at radius 1 is 1.07 bits per heavy atom. The average molecular weight is 380 g/mol. The van der Waals surface area contributed by atoms with Crippen molar-refractivity contribution in [2.24, 2.45) is 7.05 Å². The van der Waals surface area contributed by atoms with Gasteiger partial charge in [-0.3, -0.25) is 4.79 Å². The van der Waals surface area contributed by atoms with Crippen molar-refractivity contribution in [2.75, 3.05) is 22.9 Å². The van der Waals surface area contributed by atoms with Crippen LogP contribution in [0.5, 0.6) is 0 Å². The molecule has 2 aromatic heterocycles. The van der Waals surface area contributed by atoms with E-state index in [1.807, 2.05) is 31.4 Å². The quantitative estimate of drug-likeness (QED) is 0.615. The predicted molar refractivity (Wildman–Crippen MR) is 110 cm³/mol. The Morgan fingerprint density at radius 2 is 1.79 bits per heavy atom. The molecular formula is C22H25FN4O. The van der Waals surface area contributed by atoms with E-state index in [2.05, 4.69) is 23.7 Å². The Kier molecular flexibility index (Phi) is 6.09. The molecule has 0 N–H and O–H groups in total. The Labute approximate surface area is 165 Å². The smallest absolute Gasteiger partial charge is 0.275 e. The largest absolute Gasteiger partial charge is 0.357 e. The van der Waals surface area contributed by atoms with Gasteiger partial charge in [0.25, 0.3) is 5.91 Å². The molecule has 0 bridgehead atoms. The molecular weight excluding hydrogens is 355 g/mol. The van der Waals surface area contributed by atoms with E-state index >= 15 is 0 Å². The van der Waals surface area contributed by atoms with Gasteiger partial charge in [0, 0.05) is 38.2 Å². The van der Waals surface area contributed by atoms with Crippen LogP contribution in [0, 0.1) is 5.82 Å². The van der Waals surface area contributed by atoms with Crippen LogP contribution in [0.3, 0.4) is 0 Å². The lowest BCUT2D eigenvalue weighted by Crippen LogP contribution is -2.32. The summed E-state index contributed by atoms with van der Waals surface area (Å²) < 4.78 is 15.2. The molecule has 0 radical (unpaired) electrons. The number of aryl methyl sites for hydroxylation is 1. The van der Waals surface area contributed by atoms with Gasteiger partial charge in [-0.15, -0.1) is 0 Å². The lowest BCUT2D eigenvalue weighted by Gasteiger charge is -2.24. The zero-order chi connectivity index (χ0) is 20.1. The van der Waals surface area contributed by atoms with E-state index in [1.54, 1.807) is 33.9 Å². The lowest BCUT2D eigenvalue weighted by molar-refractivity contribution is 0.0977. The second-order valence-corrected chi connectivity index (χ2v) is 6.57. The number of aromatic nitrogens is 2. The van der Waals surface area contributed by atoms with Crippen LogP contribution in [0.2, 0.25) is 0 Å². The molecule has 1 aromatic carbocycles. The summed E-state index contributed by atoms with van der Waals surface area (Å²) in [4.78, 5) is 21.5. The normalized spacial score (nSPS) is 10.7. The van der Waals surface area contributed by atoms with E-state index in [4.69, 9.17) is 0 Å². The third-order valence-corrected chi connectivity index (χ3v) is 4.78. The fourth-order valence-electron chi connectivity index (χ4n) is 3.15. The van der Waals surface area contributed by atoms with Crippen molar-refractivity contribution >= 4 is 17.4 Å². The van der Waals surface area contributed by atoms with Gasteiger partial charge in [-0.2, -0.15) is 0 Å². The molecule has 6 heteroatoms. The summed E-state index contributed by atoms with van der Waals surface area (Å²) in [5.74, 6) is 0.433. The van der Waals surface area contributed by atoms with Crippen LogP contribution in [0.15, 0.2) is 60.9 Å². The zero-order valence-corrected chi connectivity index (χ0v) is 16.5. The van der Waals surface area contributed by atoms with Crippen LogP contribution in [0.4, 0.5) is 15.9 Å². The molecule has 0 aliphatic rings. The molecule has 0 unspecified atom stereocenters. The first-order chi connectivity index (χ1) is 13.5. The van der Waals surface area contributed by atoms with Crippen LogP contribution in [0.25, 0.3) is 0 Å². The van der Waals surface area contributed by atoms with Gasteiger partial charge < -0.3 is 14.4 Å². The van der Waals surface area contributed by atoms with Gasteiger partial charge in [-0.25, -0.2) is 9.37 Å². The Balaban J connectivity index is 1.90. The van der Waals surface area contributed by atoms with Crippen molar-refractivity contribution in [3.63, 3.8) is 0 Å². The molecule has 3 rings (SSSR count). The number of hydrogen-bond donors (Lipinski definition) is 0. The van der Waals surface area contributed by atoms with Crippen molar-refractivity contribution in [3.05, 3.63) is 78.0 Å². The van der Waals surface area contributed by atoms with Gasteiger partial charge in [0.1, 0.15) is 17.3 Å². The summed E-state index contributed by atoms with van der Waals surface area (Å²) >= 11 is 0. The van der Waals surface area contributed by atoms with Gasteiger partial charge >= 0.3 is 0 Å². The van der Waals surface area contributed by atoms with Crippen molar-refractivity contribution in [1.29, 1.82) is 0 Å². The third kappa shape index (κ3) is 4.22. The zero-order valence-electron chi connectivity index (χ0n) is 16.5. The molecule has 5 nitrogen and oxygen atoms in total. The van der Waals surface area contributed by atoms with Crippen LogP contribution < -0.4 is 9.80 Å². The number of carbonyl (C=O) groups is 1. The number of carbonyl (C=O) groups excluding carboxylic acids is 1. The topological polar surface area (TPSA) is 41.4 Å². The van der Waals surface area contributed by atoms with Crippen molar-refractivity contribution in [3.8, 4) is 0 Å². The van der Waals surface area contributed by atoms with Gasteiger partial charge in [0.2, 0.25) is 0 Å². The second-order valence-electron chi connectivity index (χ2n) is 6.57. The minimum atomic E-state index is -0.333. The Hall–Kier alpha value is -3.15. The van der Waals surface area contributed by atoms with Crippen molar-refractivity contribution in [1.82, 2.24) is 9.55 Å². The summed E-state index contributed by atoms with van der Waals surface area (Å²) in [5.41, 5.74) is 2.11. The maximum Gasteiger partial charge on any atom is 0.275 e. The van der Waals surface area contributed by atoms with E-state index in [0.29, 0.717) is 17.9 Å². The maximum atomic E-state index is 13.4. The van der Waals surface area contributed by atoms with Crippen LogP contribution in [-0.2, 0) is 13.6 Å². The second kappa shape index (κ2) is 8.69. The van der Waals surface area contributed by atoms with Gasteiger partial charge in [-0.05, 0) is 61.9 Å². The fraction of sp³-hybridized carbons (Fsp3) is 0.273. The van der Waals surface area contributed by atoms with E-state index in [-0.39, 0.29) is 11.7 Å². The minimum Gasteiger partial charge on any atom is -0.357 e. The molecule has 0 aliphatic carbocycles. The molecule has 0 spiro atoms. The van der Waals surface area contributed by atoms with Crippen molar-refractivity contribution in [2.45, 2.75) is 20.4 Å². The van der Waals surface area contributed by atoms with Crippen LogP contribution in [-0.4, -0.2) is 28.5 Å². The highest BCUT2D eigenvalue weighted by molar-refractivity contribution is 6.05. The Bertz CT molecular complexity index is 914. The number of pyridine rings is 1. The van der Waals surface area contributed by atoms with E-state index in [1.165, 1.54) is 12.1 Å². The van der Waals surface area contributed by atoms with E-state index in [9.17, 15) is 9.18 Å². The van der Waals surface area contributed by atoms with Gasteiger partial charge in [0.05, 0.1) is 6.54 Å². The average Bonchev–Trinajstić information content (AvgIpc) is 3.14. The highest BCUT2D eigenvalue weighted by Crippen LogP contribution is 2.21. The molecule has 0 aliphatic heterocycles. The maximum absolute atomic E-state index is 13.4. The number of benzene rings is 1. The lowest BCUT2D eigenvalue weighted by atomic mass is 10.2. The summed E-state index contributed by atoms with van der Waals surface area (Å²) in [6.07, 6.45) is 3.62.